The van der Waals surface area contributed by atoms with Gasteiger partial charge in [0.25, 0.3) is 0 Å². The summed E-state index contributed by atoms with van der Waals surface area (Å²) in [7, 11) is 1.99. The van der Waals surface area contributed by atoms with E-state index in [9.17, 15) is 0 Å². The van der Waals surface area contributed by atoms with Gasteiger partial charge in [-0.15, -0.1) is 0 Å². The quantitative estimate of drug-likeness (QED) is 0.458. The number of rotatable bonds is 7. The van der Waals surface area contributed by atoms with Crippen LogP contribution >= 0.6 is 23.4 Å². The van der Waals surface area contributed by atoms with Gasteiger partial charge in [0.05, 0.1) is 22.8 Å². The largest absolute Gasteiger partial charge is 0.391 e. The third-order valence-corrected chi connectivity index (χ3v) is 6.86. The van der Waals surface area contributed by atoms with Crippen LogP contribution in [0.15, 0.2) is 22.3 Å². The molecule has 2 aliphatic rings. The smallest absolute Gasteiger partial charge is 0.142 e. The molecule has 1 aliphatic carbocycles. The maximum absolute atomic E-state index is 6.46. The lowest BCUT2D eigenvalue weighted by molar-refractivity contribution is 0.103. The van der Waals surface area contributed by atoms with E-state index in [2.05, 4.69) is 35.8 Å². The number of hydrogen-bond donors (Lipinski definition) is 0. The lowest BCUT2D eigenvalue weighted by Crippen LogP contribution is -2.14. The highest BCUT2D eigenvalue weighted by Gasteiger charge is 2.26. The number of thioether (sulfide) groups is 1. The summed E-state index contributed by atoms with van der Waals surface area (Å²) >= 11 is 8.51. The standard InChI is InChI=1S/C20H28ClN3OS/c1-4-24(3)13-22-20-9-14(2)17(11-18(20)21)19-10-15(25-23-19)12-26-16-7-5-6-8-16/h9,11,13,15-16H,4-8,10,12H2,1-3H3/b22-13-. The highest BCUT2D eigenvalue weighted by Crippen LogP contribution is 2.33. The first-order valence-corrected chi connectivity index (χ1v) is 10.9. The molecule has 1 heterocycles. The molecule has 1 atom stereocenters. The number of nitrogens with zero attached hydrogens (tertiary/aromatic N) is 3. The molecule has 0 amide bonds. The predicted molar refractivity (Wildman–Crippen MR) is 113 cm³/mol. The second-order valence-electron chi connectivity index (χ2n) is 7.15. The molecule has 0 aromatic heterocycles. The van der Waals surface area contributed by atoms with Crippen molar-refractivity contribution in [3.63, 3.8) is 0 Å². The summed E-state index contributed by atoms with van der Waals surface area (Å²) in [6.07, 6.45) is 8.33. The van der Waals surface area contributed by atoms with Gasteiger partial charge in [-0.2, -0.15) is 11.8 Å². The van der Waals surface area contributed by atoms with Gasteiger partial charge >= 0.3 is 0 Å². The van der Waals surface area contributed by atoms with Crippen LogP contribution < -0.4 is 0 Å². The zero-order valence-electron chi connectivity index (χ0n) is 15.9. The average molecular weight is 394 g/mol. The van der Waals surface area contributed by atoms with Crippen molar-refractivity contribution in [2.45, 2.75) is 57.3 Å². The van der Waals surface area contributed by atoms with Crippen molar-refractivity contribution >= 4 is 41.1 Å². The first-order valence-electron chi connectivity index (χ1n) is 9.46. The van der Waals surface area contributed by atoms with E-state index in [1.54, 1.807) is 0 Å². The molecule has 0 saturated heterocycles. The number of hydrogen-bond acceptors (Lipinski definition) is 4. The first kappa shape index (κ1) is 19.6. The normalized spacial score (nSPS) is 20.6. The van der Waals surface area contributed by atoms with Gasteiger partial charge in [0, 0.05) is 36.6 Å². The second-order valence-corrected chi connectivity index (χ2v) is 8.89. The highest BCUT2D eigenvalue weighted by molar-refractivity contribution is 7.99. The zero-order valence-corrected chi connectivity index (χ0v) is 17.4. The van der Waals surface area contributed by atoms with E-state index in [1.165, 1.54) is 25.7 Å². The molecule has 1 saturated carbocycles. The molecular formula is C20H28ClN3OS. The van der Waals surface area contributed by atoms with E-state index < -0.39 is 0 Å². The topological polar surface area (TPSA) is 37.2 Å². The van der Waals surface area contributed by atoms with Gasteiger partial charge in [0.15, 0.2) is 0 Å². The Kier molecular flexibility index (Phi) is 6.87. The van der Waals surface area contributed by atoms with E-state index >= 15 is 0 Å². The van der Waals surface area contributed by atoms with Gasteiger partial charge in [0.1, 0.15) is 6.10 Å². The maximum atomic E-state index is 6.46. The molecule has 6 heteroatoms. The van der Waals surface area contributed by atoms with Crippen LogP contribution in [0.5, 0.6) is 0 Å². The minimum Gasteiger partial charge on any atom is -0.391 e. The number of benzene rings is 1. The monoisotopic (exact) mass is 393 g/mol. The lowest BCUT2D eigenvalue weighted by atomic mass is 10.00. The molecule has 0 spiro atoms. The Morgan fingerprint density at radius 2 is 2.15 bits per heavy atom. The van der Waals surface area contributed by atoms with Crippen LogP contribution in [0.4, 0.5) is 5.69 Å². The van der Waals surface area contributed by atoms with E-state index in [1.807, 2.05) is 30.4 Å². The molecular weight excluding hydrogens is 366 g/mol. The van der Waals surface area contributed by atoms with Gasteiger partial charge in [-0.25, -0.2) is 4.99 Å². The van der Waals surface area contributed by atoms with Crippen molar-refractivity contribution in [3.8, 4) is 0 Å². The molecule has 0 radical (unpaired) electrons. The number of oxime groups is 1. The van der Waals surface area contributed by atoms with E-state index in [0.717, 1.165) is 46.5 Å². The number of aliphatic imine (C=N–C) groups is 1. The summed E-state index contributed by atoms with van der Waals surface area (Å²) in [5.74, 6) is 1.02. The average Bonchev–Trinajstić information content (AvgIpc) is 3.31. The summed E-state index contributed by atoms with van der Waals surface area (Å²) < 4.78 is 0. The van der Waals surface area contributed by atoms with Gasteiger partial charge in [0.2, 0.25) is 0 Å². The van der Waals surface area contributed by atoms with Crippen LogP contribution in [-0.4, -0.2) is 47.6 Å². The van der Waals surface area contributed by atoms with Crippen LogP contribution in [0.1, 0.15) is 50.2 Å². The van der Waals surface area contributed by atoms with Crippen molar-refractivity contribution in [3.05, 3.63) is 28.3 Å². The molecule has 0 N–H and O–H groups in total. The second kappa shape index (κ2) is 9.14. The number of halogens is 1. The van der Waals surface area contributed by atoms with Crippen molar-refractivity contribution in [1.82, 2.24) is 4.90 Å². The summed E-state index contributed by atoms with van der Waals surface area (Å²) in [5.41, 5.74) is 4.00. The molecule has 4 nitrogen and oxygen atoms in total. The molecule has 1 aromatic carbocycles. The summed E-state index contributed by atoms with van der Waals surface area (Å²) in [6.45, 7) is 5.07. The molecule has 1 unspecified atom stereocenters. The Hall–Kier alpha value is -1.20. The van der Waals surface area contributed by atoms with Crippen molar-refractivity contribution in [2.24, 2.45) is 10.1 Å². The molecule has 142 valence electrons. The zero-order chi connectivity index (χ0) is 18.5. The third kappa shape index (κ3) is 4.95. The Morgan fingerprint density at radius 3 is 2.88 bits per heavy atom. The van der Waals surface area contributed by atoms with Gasteiger partial charge < -0.3 is 9.74 Å². The molecule has 26 heavy (non-hydrogen) atoms. The van der Waals surface area contributed by atoms with Crippen molar-refractivity contribution in [1.29, 1.82) is 0 Å². The summed E-state index contributed by atoms with van der Waals surface area (Å²) in [6, 6.07) is 4.00. The minimum atomic E-state index is 0.185. The first-order chi connectivity index (χ1) is 12.6. The Balaban J connectivity index is 1.62. The van der Waals surface area contributed by atoms with E-state index in [4.69, 9.17) is 16.4 Å². The van der Waals surface area contributed by atoms with Crippen LogP contribution in [0.3, 0.4) is 0 Å². The molecule has 1 aromatic rings. The van der Waals surface area contributed by atoms with Crippen LogP contribution in [0.25, 0.3) is 0 Å². The van der Waals surface area contributed by atoms with Crippen molar-refractivity contribution < 1.29 is 4.84 Å². The van der Waals surface area contributed by atoms with Crippen LogP contribution in [0, 0.1) is 6.92 Å². The van der Waals surface area contributed by atoms with Gasteiger partial charge in [-0.3, -0.25) is 0 Å². The maximum Gasteiger partial charge on any atom is 0.142 e. The van der Waals surface area contributed by atoms with Crippen molar-refractivity contribution in [2.75, 3.05) is 19.3 Å². The SMILES string of the molecule is CCN(C)/C=N\c1cc(C)c(C2=NOC(CSC3CCCC3)C2)cc1Cl. The summed E-state index contributed by atoms with van der Waals surface area (Å²) in [5, 5.41) is 5.82. The third-order valence-electron chi connectivity index (χ3n) is 5.05. The highest BCUT2D eigenvalue weighted by atomic mass is 35.5. The fourth-order valence-corrected chi connectivity index (χ4v) is 4.84. The number of aryl methyl sites for hydroxylation is 1. The van der Waals surface area contributed by atoms with E-state index in [0.29, 0.717) is 5.02 Å². The lowest BCUT2D eigenvalue weighted by Gasteiger charge is -2.12. The molecule has 1 aliphatic heterocycles. The Labute approximate surface area is 166 Å². The Bertz CT molecular complexity index is 686. The minimum absolute atomic E-state index is 0.185. The Morgan fingerprint density at radius 1 is 1.38 bits per heavy atom. The van der Waals surface area contributed by atoms with Gasteiger partial charge in [-0.1, -0.05) is 29.6 Å². The fraction of sp³-hybridized carbons (Fsp3) is 0.600. The van der Waals surface area contributed by atoms with Crippen LogP contribution in [-0.2, 0) is 4.84 Å². The molecule has 1 fully saturated rings. The van der Waals surface area contributed by atoms with Gasteiger partial charge in [-0.05, 0) is 44.4 Å². The molecule has 0 bridgehead atoms. The van der Waals surface area contributed by atoms with E-state index in [-0.39, 0.29) is 6.10 Å². The predicted octanol–water partition coefficient (Wildman–Crippen LogP) is 5.43. The van der Waals surface area contributed by atoms with Crippen LogP contribution in [0.2, 0.25) is 5.02 Å². The molecule has 3 rings (SSSR count). The fourth-order valence-electron chi connectivity index (χ4n) is 3.29. The summed E-state index contributed by atoms with van der Waals surface area (Å²) in [4.78, 5) is 12.2.